The van der Waals surface area contributed by atoms with E-state index in [1.54, 1.807) is 4.90 Å². The maximum Gasteiger partial charge on any atom is 0.228 e. The van der Waals surface area contributed by atoms with Crippen molar-refractivity contribution in [1.29, 1.82) is 0 Å². The predicted octanol–water partition coefficient (Wildman–Crippen LogP) is 2.54. The number of carbonyl (C=O) groups is 1. The molecule has 1 saturated heterocycles. The topological polar surface area (TPSA) is 46.3 Å². The van der Waals surface area contributed by atoms with E-state index in [-0.39, 0.29) is 11.3 Å². The Kier molecular flexibility index (Phi) is 3.04. The van der Waals surface area contributed by atoms with E-state index in [2.05, 4.69) is 0 Å². The van der Waals surface area contributed by atoms with Gasteiger partial charge in [0.1, 0.15) is 0 Å². The standard InChI is InChI=1S/C13H17ClN2O/c1-7-4-8(2)13(9(3)12(7)15)16-6-10(14)5-11(16)17/h4,10H,5-6,15H2,1-3H3. The second-order valence-corrected chi connectivity index (χ2v) is 5.32. The SMILES string of the molecule is Cc1cc(C)c(N2CC(Cl)CC2=O)c(C)c1N. The van der Waals surface area contributed by atoms with Gasteiger partial charge in [-0.2, -0.15) is 0 Å². The van der Waals surface area contributed by atoms with E-state index >= 15 is 0 Å². The van der Waals surface area contributed by atoms with Crippen molar-refractivity contribution in [2.75, 3.05) is 17.2 Å². The van der Waals surface area contributed by atoms with Crippen molar-refractivity contribution in [1.82, 2.24) is 0 Å². The summed E-state index contributed by atoms with van der Waals surface area (Å²) in [5.41, 5.74) is 10.8. The largest absolute Gasteiger partial charge is 0.398 e. The molecule has 0 spiro atoms. The molecule has 1 atom stereocenters. The molecule has 2 N–H and O–H groups in total. The lowest BCUT2D eigenvalue weighted by Gasteiger charge is -2.23. The number of anilines is 2. The minimum atomic E-state index is -0.0937. The molecule has 3 nitrogen and oxygen atoms in total. The van der Waals surface area contributed by atoms with E-state index in [0.29, 0.717) is 13.0 Å². The van der Waals surface area contributed by atoms with Gasteiger partial charge in [0.15, 0.2) is 0 Å². The van der Waals surface area contributed by atoms with Crippen LogP contribution in [0, 0.1) is 20.8 Å². The maximum absolute atomic E-state index is 11.9. The van der Waals surface area contributed by atoms with Crippen LogP contribution in [0.3, 0.4) is 0 Å². The van der Waals surface area contributed by atoms with E-state index in [4.69, 9.17) is 17.3 Å². The number of nitrogens with zero attached hydrogens (tertiary/aromatic N) is 1. The number of halogens is 1. The van der Waals surface area contributed by atoms with E-state index < -0.39 is 0 Å². The number of benzene rings is 1. The van der Waals surface area contributed by atoms with Gasteiger partial charge in [-0.15, -0.1) is 11.6 Å². The molecule has 1 aromatic carbocycles. The zero-order chi connectivity index (χ0) is 12.7. The minimum absolute atomic E-state index is 0.0828. The second-order valence-electron chi connectivity index (χ2n) is 4.70. The first-order chi connectivity index (χ1) is 7.91. The highest BCUT2D eigenvalue weighted by molar-refractivity contribution is 6.24. The Labute approximate surface area is 107 Å². The highest BCUT2D eigenvalue weighted by Gasteiger charge is 2.31. The summed E-state index contributed by atoms with van der Waals surface area (Å²) < 4.78 is 0. The van der Waals surface area contributed by atoms with Gasteiger partial charge in [0.05, 0.1) is 11.1 Å². The third-order valence-electron chi connectivity index (χ3n) is 3.34. The summed E-state index contributed by atoms with van der Waals surface area (Å²) in [6.07, 6.45) is 0.411. The van der Waals surface area contributed by atoms with Crippen LogP contribution < -0.4 is 10.6 Å². The number of hydrogen-bond acceptors (Lipinski definition) is 2. The maximum atomic E-state index is 11.9. The van der Waals surface area contributed by atoms with Crippen LogP contribution in [0.5, 0.6) is 0 Å². The smallest absolute Gasteiger partial charge is 0.228 e. The molecule has 0 radical (unpaired) electrons. The Morgan fingerprint density at radius 1 is 1.35 bits per heavy atom. The van der Waals surface area contributed by atoms with Gasteiger partial charge in [-0.3, -0.25) is 4.79 Å². The number of nitrogen functional groups attached to an aromatic ring is 1. The van der Waals surface area contributed by atoms with Crippen molar-refractivity contribution < 1.29 is 4.79 Å². The first-order valence-electron chi connectivity index (χ1n) is 5.72. The number of rotatable bonds is 1. The van der Waals surface area contributed by atoms with Crippen LogP contribution in [0.2, 0.25) is 0 Å². The van der Waals surface area contributed by atoms with Gasteiger partial charge >= 0.3 is 0 Å². The van der Waals surface area contributed by atoms with Gasteiger partial charge < -0.3 is 10.6 Å². The Balaban J connectivity index is 2.53. The van der Waals surface area contributed by atoms with Crippen LogP contribution in [-0.4, -0.2) is 17.8 Å². The minimum Gasteiger partial charge on any atom is -0.398 e. The lowest BCUT2D eigenvalue weighted by molar-refractivity contribution is -0.117. The summed E-state index contributed by atoms with van der Waals surface area (Å²) in [6, 6.07) is 2.02. The highest BCUT2D eigenvalue weighted by atomic mass is 35.5. The molecular weight excluding hydrogens is 236 g/mol. The average Bonchev–Trinajstić information content (AvgIpc) is 2.55. The Hall–Kier alpha value is -1.22. The van der Waals surface area contributed by atoms with E-state index in [9.17, 15) is 4.79 Å². The molecule has 1 amide bonds. The average molecular weight is 253 g/mol. The Morgan fingerprint density at radius 3 is 2.53 bits per heavy atom. The third-order valence-corrected chi connectivity index (χ3v) is 3.63. The zero-order valence-corrected chi connectivity index (χ0v) is 11.1. The van der Waals surface area contributed by atoms with Crippen molar-refractivity contribution in [3.8, 4) is 0 Å². The quantitative estimate of drug-likeness (QED) is 0.617. The molecule has 0 aromatic heterocycles. The molecule has 0 saturated carbocycles. The summed E-state index contributed by atoms with van der Waals surface area (Å²) >= 11 is 6.03. The molecular formula is C13H17ClN2O. The van der Waals surface area contributed by atoms with Gasteiger partial charge in [0, 0.05) is 18.7 Å². The molecule has 0 aliphatic carbocycles. The molecule has 1 unspecified atom stereocenters. The predicted molar refractivity (Wildman–Crippen MR) is 71.7 cm³/mol. The summed E-state index contributed by atoms with van der Waals surface area (Å²) in [5.74, 6) is 0.0828. The van der Waals surface area contributed by atoms with Gasteiger partial charge in [-0.25, -0.2) is 0 Å². The van der Waals surface area contributed by atoms with Crippen LogP contribution in [0.4, 0.5) is 11.4 Å². The molecule has 1 heterocycles. The number of carbonyl (C=O) groups excluding carboxylic acids is 1. The summed E-state index contributed by atoms with van der Waals surface area (Å²) in [4.78, 5) is 13.6. The first-order valence-corrected chi connectivity index (χ1v) is 6.16. The van der Waals surface area contributed by atoms with Gasteiger partial charge in [-0.1, -0.05) is 6.07 Å². The van der Waals surface area contributed by atoms with E-state index in [1.165, 1.54) is 0 Å². The van der Waals surface area contributed by atoms with Crippen LogP contribution in [0.25, 0.3) is 0 Å². The summed E-state index contributed by atoms with van der Waals surface area (Å²) in [5, 5.41) is -0.0937. The van der Waals surface area contributed by atoms with Crippen LogP contribution >= 0.6 is 11.6 Å². The third kappa shape index (κ3) is 2.00. The number of aryl methyl sites for hydroxylation is 2. The molecule has 4 heteroatoms. The fourth-order valence-corrected chi connectivity index (χ4v) is 2.76. The molecule has 1 aliphatic rings. The molecule has 17 heavy (non-hydrogen) atoms. The highest BCUT2D eigenvalue weighted by Crippen LogP contribution is 2.34. The van der Waals surface area contributed by atoms with Crippen LogP contribution in [0.15, 0.2) is 6.07 Å². The number of amides is 1. The molecule has 92 valence electrons. The molecule has 1 fully saturated rings. The molecule has 2 rings (SSSR count). The van der Waals surface area contributed by atoms with Crippen molar-refractivity contribution >= 4 is 28.9 Å². The monoisotopic (exact) mass is 252 g/mol. The molecule has 0 bridgehead atoms. The van der Waals surface area contributed by atoms with Gasteiger partial charge in [0.25, 0.3) is 0 Å². The molecule has 1 aliphatic heterocycles. The lowest BCUT2D eigenvalue weighted by Crippen LogP contribution is -2.26. The van der Waals surface area contributed by atoms with E-state index in [1.807, 2.05) is 26.8 Å². The Bertz CT molecular complexity index is 485. The lowest BCUT2D eigenvalue weighted by atomic mass is 10.0. The summed E-state index contributed by atoms with van der Waals surface area (Å²) in [6.45, 7) is 6.52. The fourth-order valence-electron chi connectivity index (χ4n) is 2.49. The van der Waals surface area contributed by atoms with Crippen LogP contribution in [-0.2, 0) is 4.79 Å². The van der Waals surface area contributed by atoms with Gasteiger partial charge in [0.2, 0.25) is 5.91 Å². The van der Waals surface area contributed by atoms with Crippen LogP contribution in [0.1, 0.15) is 23.1 Å². The summed E-state index contributed by atoms with van der Waals surface area (Å²) in [7, 11) is 0. The molecule has 1 aromatic rings. The second kappa shape index (κ2) is 4.22. The van der Waals surface area contributed by atoms with Gasteiger partial charge in [-0.05, 0) is 37.5 Å². The first kappa shape index (κ1) is 12.2. The van der Waals surface area contributed by atoms with Crippen molar-refractivity contribution in [3.05, 3.63) is 22.8 Å². The number of hydrogen-bond donors (Lipinski definition) is 1. The Morgan fingerprint density at radius 2 is 2.00 bits per heavy atom. The van der Waals surface area contributed by atoms with Crippen molar-refractivity contribution in [2.45, 2.75) is 32.6 Å². The number of alkyl halides is 1. The van der Waals surface area contributed by atoms with E-state index in [0.717, 1.165) is 28.1 Å². The normalized spacial score (nSPS) is 20.1. The van der Waals surface area contributed by atoms with Crippen molar-refractivity contribution in [2.24, 2.45) is 0 Å². The number of nitrogens with two attached hydrogens (primary N) is 1. The fraction of sp³-hybridized carbons (Fsp3) is 0.462. The zero-order valence-electron chi connectivity index (χ0n) is 10.4. The van der Waals surface area contributed by atoms with Crippen molar-refractivity contribution in [3.63, 3.8) is 0 Å².